The van der Waals surface area contributed by atoms with Crippen molar-refractivity contribution in [2.75, 3.05) is 6.61 Å². The largest absolute Gasteiger partial charge is 0.486 e. The molecule has 0 radical (unpaired) electrons. The van der Waals surface area contributed by atoms with Crippen molar-refractivity contribution in [1.82, 2.24) is 0 Å². The van der Waals surface area contributed by atoms with Gasteiger partial charge >= 0.3 is 0 Å². The Balaban J connectivity index is 2.78. The molecule has 1 rings (SSSR count). The van der Waals surface area contributed by atoms with E-state index in [1.165, 1.54) is 11.1 Å². The van der Waals surface area contributed by atoms with E-state index in [1.54, 1.807) is 0 Å². The molecule has 2 atom stereocenters. The van der Waals surface area contributed by atoms with Crippen molar-refractivity contribution >= 4 is 0 Å². The third kappa shape index (κ3) is 4.51. The SMILES string of the molecule is CCCC(N)C(CO)Oc1ccc(C(C)C)c(C)c1. The minimum atomic E-state index is -0.329. The summed E-state index contributed by atoms with van der Waals surface area (Å²) in [5, 5.41) is 9.39. The van der Waals surface area contributed by atoms with Crippen molar-refractivity contribution in [3.8, 4) is 5.75 Å². The highest BCUT2D eigenvalue weighted by Crippen LogP contribution is 2.24. The van der Waals surface area contributed by atoms with Gasteiger partial charge in [-0.3, -0.25) is 0 Å². The van der Waals surface area contributed by atoms with Crippen LogP contribution in [0.3, 0.4) is 0 Å². The molecule has 0 aliphatic carbocycles. The molecule has 0 heterocycles. The fraction of sp³-hybridized carbons (Fsp3) is 0.625. The van der Waals surface area contributed by atoms with Crippen LogP contribution in [0.1, 0.15) is 50.7 Å². The third-order valence-corrected chi connectivity index (χ3v) is 3.43. The fourth-order valence-electron chi connectivity index (χ4n) is 2.32. The number of rotatable bonds is 7. The molecule has 0 saturated heterocycles. The molecule has 0 fully saturated rings. The highest BCUT2D eigenvalue weighted by Gasteiger charge is 2.18. The van der Waals surface area contributed by atoms with Gasteiger partial charge in [-0.2, -0.15) is 0 Å². The first-order chi connectivity index (χ1) is 8.99. The van der Waals surface area contributed by atoms with Crippen LogP contribution in [0.2, 0.25) is 0 Å². The first-order valence-electron chi connectivity index (χ1n) is 7.13. The molecule has 0 saturated carbocycles. The zero-order valence-electron chi connectivity index (χ0n) is 12.5. The Morgan fingerprint density at radius 3 is 2.47 bits per heavy atom. The number of hydrogen-bond acceptors (Lipinski definition) is 3. The van der Waals surface area contributed by atoms with E-state index in [2.05, 4.69) is 33.8 Å². The third-order valence-electron chi connectivity index (χ3n) is 3.43. The Hall–Kier alpha value is -1.06. The summed E-state index contributed by atoms with van der Waals surface area (Å²) >= 11 is 0. The van der Waals surface area contributed by atoms with Crippen molar-refractivity contribution in [3.05, 3.63) is 29.3 Å². The van der Waals surface area contributed by atoms with Gasteiger partial charge in [-0.15, -0.1) is 0 Å². The molecule has 3 N–H and O–H groups in total. The predicted octanol–water partition coefficient (Wildman–Crippen LogP) is 2.99. The second-order valence-electron chi connectivity index (χ2n) is 5.46. The number of benzene rings is 1. The fourth-order valence-corrected chi connectivity index (χ4v) is 2.32. The van der Waals surface area contributed by atoms with Gasteiger partial charge < -0.3 is 15.6 Å². The minimum Gasteiger partial charge on any atom is -0.486 e. The average molecular weight is 265 g/mol. The zero-order valence-corrected chi connectivity index (χ0v) is 12.5. The van der Waals surface area contributed by atoms with Gasteiger partial charge in [-0.05, 0) is 42.5 Å². The van der Waals surface area contributed by atoms with E-state index in [-0.39, 0.29) is 18.8 Å². The van der Waals surface area contributed by atoms with Gasteiger partial charge in [0.1, 0.15) is 11.9 Å². The number of hydrogen-bond donors (Lipinski definition) is 2. The first kappa shape index (κ1) is 16.0. The van der Waals surface area contributed by atoms with Crippen LogP contribution in [0.5, 0.6) is 5.75 Å². The summed E-state index contributed by atoms with van der Waals surface area (Å²) in [6, 6.07) is 5.95. The molecule has 0 aromatic heterocycles. The average Bonchev–Trinajstić information content (AvgIpc) is 2.35. The van der Waals surface area contributed by atoms with Gasteiger partial charge in [0.2, 0.25) is 0 Å². The van der Waals surface area contributed by atoms with E-state index in [1.807, 2.05) is 12.1 Å². The van der Waals surface area contributed by atoms with Gasteiger partial charge in [-0.1, -0.05) is 33.3 Å². The molecule has 3 nitrogen and oxygen atoms in total. The molecule has 0 amide bonds. The normalized spacial score (nSPS) is 14.5. The molecule has 0 spiro atoms. The van der Waals surface area contributed by atoms with E-state index in [0.717, 1.165) is 18.6 Å². The summed E-state index contributed by atoms with van der Waals surface area (Å²) in [6.07, 6.45) is 1.52. The summed E-state index contributed by atoms with van der Waals surface area (Å²) in [5.41, 5.74) is 8.56. The standard InChI is InChI=1S/C16H27NO2/c1-5-6-15(17)16(10-18)19-13-7-8-14(11(2)3)12(4)9-13/h7-9,11,15-16,18H,5-6,10,17H2,1-4H3. The Bertz CT molecular complexity index is 390. The van der Waals surface area contributed by atoms with E-state index >= 15 is 0 Å². The molecule has 1 aromatic rings. The maximum Gasteiger partial charge on any atom is 0.137 e. The smallest absolute Gasteiger partial charge is 0.137 e. The number of nitrogens with two attached hydrogens (primary N) is 1. The zero-order chi connectivity index (χ0) is 14.4. The molecule has 108 valence electrons. The monoisotopic (exact) mass is 265 g/mol. The summed E-state index contributed by atoms with van der Waals surface area (Å²) in [5.74, 6) is 1.29. The van der Waals surface area contributed by atoms with E-state index in [4.69, 9.17) is 10.5 Å². The summed E-state index contributed by atoms with van der Waals surface area (Å²) < 4.78 is 5.82. The number of aryl methyl sites for hydroxylation is 1. The quantitative estimate of drug-likeness (QED) is 0.797. The predicted molar refractivity (Wildman–Crippen MR) is 79.7 cm³/mol. The number of aliphatic hydroxyl groups excluding tert-OH is 1. The molecular weight excluding hydrogens is 238 g/mol. The van der Waals surface area contributed by atoms with Gasteiger partial charge in [0.05, 0.1) is 6.61 Å². The lowest BCUT2D eigenvalue weighted by Gasteiger charge is -2.23. The van der Waals surface area contributed by atoms with Crippen molar-refractivity contribution < 1.29 is 9.84 Å². The van der Waals surface area contributed by atoms with Crippen LogP contribution >= 0.6 is 0 Å². The van der Waals surface area contributed by atoms with Crippen LogP contribution in [0.15, 0.2) is 18.2 Å². The minimum absolute atomic E-state index is 0.0495. The van der Waals surface area contributed by atoms with Crippen LogP contribution in [-0.4, -0.2) is 23.9 Å². The molecule has 0 aliphatic rings. The molecule has 1 aromatic carbocycles. The Kier molecular flexibility index (Phi) is 6.32. The molecule has 0 bridgehead atoms. The van der Waals surface area contributed by atoms with Crippen LogP contribution in [-0.2, 0) is 0 Å². The van der Waals surface area contributed by atoms with Gasteiger partial charge in [-0.25, -0.2) is 0 Å². The highest BCUT2D eigenvalue weighted by molar-refractivity contribution is 5.36. The summed E-state index contributed by atoms with van der Waals surface area (Å²) in [6.45, 7) is 8.47. The first-order valence-corrected chi connectivity index (χ1v) is 7.13. The number of ether oxygens (including phenoxy) is 1. The second kappa shape index (κ2) is 7.51. The molecule has 19 heavy (non-hydrogen) atoms. The van der Waals surface area contributed by atoms with Crippen molar-refractivity contribution in [2.24, 2.45) is 5.73 Å². The van der Waals surface area contributed by atoms with Gasteiger partial charge in [0.15, 0.2) is 0 Å². The Morgan fingerprint density at radius 1 is 1.32 bits per heavy atom. The van der Waals surface area contributed by atoms with E-state index < -0.39 is 0 Å². The van der Waals surface area contributed by atoms with E-state index in [0.29, 0.717) is 5.92 Å². The molecule has 0 aliphatic heterocycles. The van der Waals surface area contributed by atoms with Crippen LogP contribution < -0.4 is 10.5 Å². The summed E-state index contributed by atoms with van der Waals surface area (Å²) in [4.78, 5) is 0. The van der Waals surface area contributed by atoms with Gasteiger partial charge in [0.25, 0.3) is 0 Å². The van der Waals surface area contributed by atoms with E-state index in [9.17, 15) is 5.11 Å². The van der Waals surface area contributed by atoms with Crippen LogP contribution in [0, 0.1) is 6.92 Å². The molecule has 2 unspecified atom stereocenters. The maximum absolute atomic E-state index is 9.39. The Labute approximate surface area is 116 Å². The molecular formula is C16H27NO2. The Morgan fingerprint density at radius 2 is 2.00 bits per heavy atom. The van der Waals surface area contributed by atoms with Crippen LogP contribution in [0.25, 0.3) is 0 Å². The van der Waals surface area contributed by atoms with Crippen molar-refractivity contribution in [2.45, 2.75) is 58.6 Å². The lowest BCUT2D eigenvalue weighted by Crippen LogP contribution is -2.41. The lowest BCUT2D eigenvalue weighted by molar-refractivity contribution is 0.0916. The summed E-state index contributed by atoms with van der Waals surface area (Å²) in [7, 11) is 0. The van der Waals surface area contributed by atoms with Crippen molar-refractivity contribution in [1.29, 1.82) is 0 Å². The molecule has 3 heteroatoms. The van der Waals surface area contributed by atoms with Crippen molar-refractivity contribution in [3.63, 3.8) is 0 Å². The highest BCUT2D eigenvalue weighted by atomic mass is 16.5. The lowest BCUT2D eigenvalue weighted by atomic mass is 9.98. The second-order valence-corrected chi connectivity index (χ2v) is 5.46. The number of aliphatic hydroxyl groups is 1. The van der Waals surface area contributed by atoms with Gasteiger partial charge in [0, 0.05) is 6.04 Å². The van der Waals surface area contributed by atoms with Crippen LogP contribution in [0.4, 0.5) is 0 Å². The topological polar surface area (TPSA) is 55.5 Å². The maximum atomic E-state index is 9.39.